The minimum absolute atomic E-state index is 0.00448. The second-order valence-corrected chi connectivity index (χ2v) is 4.15. The normalized spacial score (nSPS) is 16.6. The van der Waals surface area contributed by atoms with E-state index in [4.69, 9.17) is 10.00 Å². The average Bonchev–Trinajstić information content (AvgIpc) is 2.27. The lowest BCUT2D eigenvalue weighted by Crippen LogP contribution is -2.53. The standard InChI is InChI=1S/C12H10F2N2O2/c1-16(10-3-2-8(13)4-9(10)14)11(17)12(5-15)6-18-7-12/h2-4H,6-7H2,1H3. The maximum atomic E-state index is 13.5. The van der Waals surface area contributed by atoms with E-state index >= 15 is 0 Å². The van der Waals surface area contributed by atoms with Crippen LogP contribution in [0.4, 0.5) is 14.5 Å². The number of carbonyl (C=O) groups excluding carboxylic acids is 1. The van der Waals surface area contributed by atoms with Crippen molar-refractivity contribution in [3.05, 3.63) is 29.8 Å². The van der Waals surface area contributed by atoms with Gasteiger partial charge in [0.2, 0.25) is 0 Å². The van der Waals surface area contributed by atoms with Crippen LogP contribution in [0.3, 0.4) is 0 Å². The number of anilines is 1. The maximum Gasteiger partial charge on any atom is 0.252 e. The fraction of sp³-hybridized carbons (Fsp3) is 0.333. The molecule has 1 aromatic carbocycles. The molecule has 4 nitrogen and oxygen atoms in total. The molecule has 0 aliphatic carbocycles. The van der Waals surface area contributed by atoms with Crippen LogP contribution in [0.2, 0.25) is 0 Å². The molecule has 0 spiro atoms. The molecule has 1 heterocycles. The van der Waals surface area contributed by atoms with Gasteiger partial charge in [-0.25, -0.2) is 8.78 Å². The molecule has 0 unspecified atom stereocenters. The van der Waals surface area contributed by atoms with Gasteiger partial charge in [0, 0.05) is 13.1 Å². The molecule has 1 aliphatic rings. The number of rotatable bonds is 2. The Morgan fingerprint density at radius 2 is 2.17 bits per heavy atom. The smallest absolute Gasteiger partial charge is 0.252 e. The van der Waals surface area contributed by atoms with Gasteiger partial charge in [-0.2, -0.15) is 5.26 Å². The fourth-order valence-corrected chi connectivity index (χ4v) is 1.73. The van der Waals surface area contributed by atoms with E-state index < -0.39 is 23.0 Å². The van der Waals surface area contributed by atoms with Crippen molar-refractivity contribution in [2.75, 3.05) is 25.2 Å². The van der Waals surface area contributed by atoms with Gasteiger partial charge < -0.3 is 9.64 Å². The Morgan fingerprint density at radius 3 is 2.61 bits per heavy atom. The van der Waals surface area contributed by atoms with Gasteiger partial charge in [-0.3, -0.25) is 4.79 Å². The van der Waals surface area contributed by atoms with E-state index in [1.807, 2.05) is 6.07 Å². The Labute approximate surface area is 102 Å². The molecule has 0 radical (unpaired) electrons. The number of hydrogen-bond donors (Lipinski definition) is 0. The first-order chi connectivity index (χ1) is 8.50. The van der Waals surface area contributed by atoms with E-state index in [2.05, 4.69) is 0 Å². The number of ether oxygens (including phenoxy) is 1. The van der Waals surface area contributed by atoms with Crippen molar-refractivity contribution < 1.29 is 18.3 Å². The average molecular weight is 252 g/mol. The van der Waals surface area contributed by atoms with Gasteiger partial charge in [-0.1, -0.05) is 0 Å². The van der Waals surface area contributed by atoms with Gasteiger partial charge in [0.1, 0.15) is 11.6 Å². The summed E-state index contributed by atoms with van der Waals surface area (Å²) >= 11 is 0. The third kappa shape index (κ3) is 1.83. The van der Waals surface area contributed by atoms with Crippen LogP contribution in [0, 0.1) is 28.4 Å². The van der Waals surface area contributed by atoms with Crippen LogP contribution >= 0.6 is 0 Å². The molecular formula is C12H10F2N2O2. The van der Waals surface area contributed by atoms with Crippen LogP contribution in [0.25, 0.3) is 0 Å². The first kappa shape index (κ1) is 12.5. The zero-order valence-electron chi connectivity index (χ0n) is 9.61. The second-order valence-electron chi connectivity index (χ2n) is 4.15. The molecule has 2 rings (SSSR count). The first-order valence-electron chi connectivity index (χ1n) is 5.22. The summed E-state index contributed by atoms with van der Waals surface area (Å²) in [7, 11) is 1.34. The van der Waals surface area contributed by atoms with E-state index in [0.29, 0.717) is 6.07 Å². The Bertz CT molecular complexity index is 535. The molecule has 1 aliphatic heterocycles. The van der Waals surface area contributed by atoms with Crippen LogP contribution < -0.4 is 4.90 Å². The third-order valence-corrected chi connectivity index (χ3v) is 2.90. The fourth-order valence-electron chi connectivity index (χ4n) is 1.73. The van der Waals surface area contributed by atoms with Gasteiger partial charge in [0.25, 0.3) is 5.91 Å². The van der Waals surface area contributed by atoms with Crippen molar-refractivity contribution in [1.82, 2.24) is 0 Å². The van der Waals surface area contributed by atoms with E-state index in [9.17, 15) is 13.6 Å². The molecule has 1 saturated heterocycles. The Morgan fingerprint density at radius 1 is 1.50 bits per heavy atom. The highest BCUT2D eigenvalue weighted by Crippen LogP contribution is 2.31. The van der Waals surface area contributed by atoms with E-state index in [1.165, 1.54) is 7.05 Å². The van der Waals surface area contributed by atoms with Crippen LogP contribution in [0.1, 0.15) is 0 Å². The van der Waals surface area contributed by atoms with E-state index in [1.54, 1.807) is 0 Å². The zero-order valence-corrected chi connectivity index (χ0v) is 9.61. The first-order valence-corrected chi connectivity index (χ1v) is 5.22. The topological polar surface area (TPSA) is 53.3 Å². The van der Waals surface area contributed by atoms with Crippen molar-refractivity contribution in [3.8, 4) is 6.07 Å². The van der Waals surface area contributed by atoms with Crippen LogP contribution in [-0.4, -0.2) is 26.2 Å². The Kier molecular flexibility index (Phi) is 3.01. The number of halogens is 2. The third-order valence-electron chi connectivity index (χ3n) is 2.90. The quantitative estimate of drug-likeness (QED) is 0.800. The summed E-state index contributed by atoms with van der Waals surface area (Å²) in [4.78, 5) is 13.1. The number of hydrogen-bond acceptors (Lipinski definition) is 3. The van der Waals surface area contributed by atoms with Crippen LogP contribution in [0.15, 0.2) is 18.2 Å². The summed E-state index contributed by atoms with van der Waals surface area (Å²) in [6, 6.07) is 4.79. The number of nitriles is 1. The molecular weight excluding hydrogens is 242 g/mol. The predicted molar refractivity (Wildman–Crippen MR) is 58.6 cm³/mol. The number of amides is 1. The highest BCUT2D eigenvalue weighted by Gasteiger charge is 2.48. The van der Waals surface area contributed by atoms with Gasteiger partial charge >= 0.3 is 0 Å². The minimum Gasteiger partial charge on any atom is -0.377 e. The number of nitrogens with zero attached hydrogens (tertiary/aromatic N) is 2. The molecule has 1 aromatic rings. The van der Waals surface area contributed by atoms with Gasteiger partial charge in [0.05, 0.1) is 25.0 Å². The Balaban J connectivity index is 2.29. The SMILES string of the molecule is CN(C(=O)C1(C#N)COC1)c1ccc(F)cc1F. The lowest BCUT2D eigenvalue weighted by molar-refractivity contribution is -0.146. The van der Waals surface area contributed by atoms with Crippen molar-refractivity contribution in [1.29, 1.82) is 5.26 Å². The molecule has 1 fully saturated rings. The van der Waals surface area contributed by atoms with Crippen LogP contribution in [-0.2, 0) is 9.53 Å². The molecule has 94 valence electrons. The molecule has 0 aromatic heterocycles. The predicted octanol–water partition coefficient (Wildman–Crippen LogP) is 1.47. The molecule has 0 saturated carbocycles. The summed E-state index contributed by atoms with van der Waals surface area (Å²) in [5.74, 6) is -2.12. The van der Waals surface area contributed by atoms with Gasteiger partial charge in [-0.15, -0.1) is 0 Å². The molecule has 6 heteroatoms. The Hall–Kier alpha value is -2.00. The molecule has 18 heavy (non-hydrogen) atoms. The van der Waals surface area contributed by atoms with E-state index in [0.717, 1.165) is 17.0 Å². The maximum absolute atomic E-state index is 13.5. The summed E-state index contributed by atoms with van der Waals surface area (Å²) in [5.41, 5.74) is -1.32. The lowest BCUT2D eigenvalue weighted by atomic mass is 9.86. The van der Waals surface area contributed by atoms with Crippen molar-refractivity contribution in [3.63, 3.8) is 0 Å². The number of carbonyl (C=O) groups is 1. The number of benzene rings is 1. The van der Waals surface area contributed by atoms with Crippen LogP contribution in [0.5, 0.6) is 0 Å². The summed E-state index contributed by atoms with van der Waals surface area (Å²) < 4.78 is 31.2. The van der Waals surface area contributed by atoms with Crippen molar-refractivity contribution >= 4 is 11.6 Å². The van der Waals surface area contributed by atoms with Crippen molar-refractivity contribution in [2.45, 2.75) is 0 Å². The van der Waals surface area contributed by atoms with Gasteiger partial charge in [-0.05, 0) is 12.1 Å². The molecule has 0 bridgehead atoms. The summed E-state index contributed by atoms with van der Waals surface area (Å²) in [6.07, 6.45) is 0. The summed E-state index contributed by atoms with van der Waals surface area (Å²) in [6.45, 7) is -0.00895. The van der Waals surface area contributed by atoms with Gasteiger partial charge in [0.15, 0.2) is 5.41 Å². The monoisotopic (exact) mass is 252 g/mol. The highest BCUT2D eigenvalue weighted by molar-refractivity contribution is 5.99. The lowest BCUT2D eigenvalue weighted by Gasteiger charge is -2.36. The largest absolute Gasteiger partial charge is 0.377 e. The molecule has 0 atom stereocenters. The van der Waals surface area contributed by atoms with Crippen molar-refractivity contribution in [2.24, 2.45) is 5.41 Å². The minimum atomic E-state index is -1.25. The second kappa shape index (κ2) is 4.35. The molecule has 1 amide bonds. The van der Waals surface area contributed by atoms with E-state index in [-0.39, 0.29) is 18.9 Å². The molecule has 0 N–H and O–H groups in total. The zero-order chi connectivity index (χ0) is 13.3. The summed E-state index contributed by atoms with van der Waals surface area (Å²) in [5, 5.41) is 8.98. The highest BCUT2D eigenvalue weighted by atomic mass is 19.1.